The molecule has 0 unspecified atom stereocenters. The topological polar surface area (TPSA) is 76.0 Å². The Morgan fingerprint density at radius 2 is 2.09 bits per heavy atom. The minimum absolute atomic E-state index is 0.115. The Bertz CT molecular complexity index is 697. The molecule has 2 amide bonds. The Balaban J connectivity index is 2.02. The van der Waals surface area contributed by atoms with E-state index in [1.807, 2.05) is 19.9 Å². The van der Waals surface area contributed by atoms with Crippen molar-refractivity contribution in [2.75, 3.05) is 11.9 Å². The standard InChI is InChI=1S/C15H17ClN4O2/c1-3-17-15(22)12-5-4-11(8-13(12)16)18-14(21)9-20-7-6-10(2)19-20/h4-8H,3,9H2,1-2H3,(H,17,22)(H,18,21). The van der Waals surface area contributed by atoms with Gasteiger partial charge in [-0.15, -0.1) is 0 Å². The average molecular weight is 321 g/mol. The molecule has 0 fully saturated rings. The molecule has 2 aromatic rings. The van der Waals surface area contributed by atoms with E-state index in [0.29, 0.717) is 22.8 Å². The first-order valence-electron chi connectivity index (χ1n) is 6.87. The van der Waals surface area contributed by atoms with Crippen LogP contribution in [0.25, 0.3) is 0 Å². The van der Waals surface area contributed by atoms with Gasteiger partial charge in [0.1, 0.15) is 6.54 Å². The summed E-state index contributed by atoms with van der Waals surface area (Å²) in [6.07, 6.45) is 1.74. The number of rotatable bonds is 5. The molecular formula is C15H17ClN4O2. The van der Waals surface area contributed by atoms with Crippen LogP contribution in [0, 0.1) is 6.92 Å². The van der Waals surface area contributed by atoms with E-state index in [1.54, 1.807) is 29.1 Å². The summed E-state index contributed by atoms with van der Waals surface area (Å²) in [7, 11) is 0. The summed E-state index contributed by atoms with van der Waals surface area (Å²) in [5.41, 5.74) is 1.76. The number of aryl methyl sites for hydroxylation is 1. The van der Waals surface area contributed by atoms with Gasteiger partial charge in [-0.2, -0.15) is 5.10 Å². The van der Waals surface area contributed by atoms with Gasteiger partial charge in [0.15, 0.2) is 0 Å². The zero-order valence-electron chi connectivity index (χ0n) is 12.4. The van der Waals surface area contributed by atoms with E-state index in [2.05, 4.69) is 15.7 Å². The monoisotopic (exact) mass is 320 g/mol. The average Bonchev–Trinajstić information content (AvgIpc) is 2.84. The lowest BCUT2D eigenvalue weighted by atomic mass is 10.2. The lowest BCUT2D eigenvalue weighted by Gasteiger charge is -2.09. The van der Waals surface area contributed by atoms with Gasteiger partial charge < -0.3 is 10.6 Å². The number of benzene rings is 1. The molecule has 0 aliphatic heterocycles. The van der Waals surface area contributed by atoms with Gasteiger partial charge in [0.25, 0.3) is 5.91 Å². The maximum atomic E-state index is 11.9. The van der Waals surface area contributed by atoms with Gasteiger partial charge >= 0.3 is 0 Å². The van der Waals surface area contributed by atoms with E-state index in [-0.39, 0.29) is 18.4 Å². The van der Waals surface area contributed by atoms with Crippen molar-refractivity contribution < 1.29 is 9.59 Å². The second kappa shape index (κ2) is 7.09. The molecule has 0 radical (unpaired) electrons. The zero-order chi connectivity index (χ0) is 16.1. The van der Waals surface area contributed by atoms with Crippen molar-refractivity contribution in [1.29, 1.82) is 0 Å². The third-order valence-corrected chi connectivity index (χ3v) is 3.23. The molecule has 2 rings (SSSR count). The van der Waals surface area contributed by atoms with E-state index in [9.17, 15) is 9.59 Å². The van der Waals surface area contributed by atoms with Gasteiger partial charge in [0.2, 0.25) is 5.91 Å². The predicted molar refractivity (Wildman–Crippen MR) is 85.1 cm³/mol. The van der Waals surface area contributed by atoms with Gasteiger partial charge in [-0.05, 0) is 38.1 Å². The van der Waals surface area contributed by atoms with Crippen molar-refractivity contribution in [3.63, 3.8) is 0 Å². The Labute approximate surface area is 133 Å². The summed E-state index contributed by atoms with van der Waals surface area (Å²) in [5, 5.41) is 9.83. The highest BCUT2D eigenvalue weighted by Gasteiger charge is 2.11. The number of nitrogens with zero attached hydrogens (tertiary/aromatic N) is 2. The van der Waals surface area contributed by atoms with Crippen LogP contribution >= 0.6 is 11.6 Å². The van der Waals surface area contributed by atoms with Crippen LogP contribution in [0.4, 0.5) is 5.69 Å². The second-order valence-corrected chi connectivity index (χ2v) is 5.16. The van der Waals surface area contributed by atoms with Crippen molar-refractivity contribution in [3.05, 3.63) is 46.7 Å². The molecule has 0 aliphatic rings. The third kappa shape index (κ3) is 4.08. The van der Waals surface area contributed by atoms with Crippen LogP contribution in [-0.4, -0.2) is 28.1 Å². The Kier molecular flexibility index (Phi) is 5.16. The number of hydrogen-bond donors (Lipinski definition) is 2. The van der Waals surface area contributed by atoms with Crippen LogP contribution in [0.3, 0.4) is 0 Å². The maximum absolute atomic E-state index is 11.9. The first-order valence-corrected chi connectivity index (χ1v) is 7.25. The van der Waals surface area contributed by atoms with Crippen LogP contribution in [0.2, 0.25) is 5.02 Å². The number of hydrogen-bond acceptors (Lipinski definition) is 3. The normalized spacial score (nSPS) is 10.3. The minimum atomic E-state index is -0.239. The van der Waals surface area contributed by atoms with Gasteiger partial charge in [0, 0.05) is 18.4 Å². The van der Waals surface area contributed by atoms with Crippen molar-refractivity contribution in [3.8, 4) is 0 Å². The largest absolute Gasteiger partial charge is 0.352 e. The molecular weight excluding hydrogens is 304 g/mol. The van der Waals surface area contributed by atoms with E-state index >= 15 is 0 Å². The van der Waals surface area contributed by atoms with E-state index in [4.69, 9.17) is 11.6 Å². The van der Waals surface area contributed by atoms with Gasteiger partial charge in [-0.25, -0.2) is 0 Å². The molecule has 0 saturated heterocycles. The molecule has 0 aliphatic carbocycles. The summed E-state index contributed by atoms with van der Waals surface area (Å²) in [6, 6.07) is 6.60. The molecule has 2 N–H and O–H groups in total. The Morgan fingerprint density at radius 3 is 2.68 bits per heavy atom. The zero-order valence-corrected chi connectivity index (χ0v) is 13.1. The van der Waals surface area contributed by atoms with Gasteiger partial charge in [-0.3, -0.25) is 14.3 Å². The smallest absolute Gasteiger partial charge is 0.252 e. The minimum Gasteiger partial charge on any atom is -0.352 e. The molecule has 1 heterocycles. The second-order valence-electron chi connectivity index (χ2n) is 4.76. The number of anilines is 1. The molecule has 7 heteroatoms. The Hall–Kier alpha value is -2.34. The number of nitrogens with one attached hydrogen (secondary N) is 2. The van der Waals surface area contributed by atoms with Crippen molar-refractivity contribution in [2.24, 2.45) is 0 Å². The highest BCUT2D eigenvalue weighted by atomic mass is 35.5. The number of carbonyl (C=O) groups is 2. The lowest BCUT2D eigenvalue weighted by Crippen LogP contribution is -2.23. The van der Waals surface area contributed by atoms with Crippen molar-refractivity contribution >= 4 is 29.1 Å². The molecule has 0 atom stereocenters. The number of carbonyl (C=O) groups excluding carboxylic acids is 2. The highest BCUT2D eigenvalue weighted by Crippen LogP contribution is 2.21. The van der Waals surface area contributed by atoms with E-state index in [0.717, 1.165) is 5.69 Å². The van der Waals surface area contributed by atoms with Crippen molar-refractivity contribution in [1.82, 2.24) is 15.1 Å². The summed E-state index contributed by atoms with van der Waals surface area (Å²) < 4.78 is 1.55. The van der Waals surface area contributed by atoms with Crippen LogP contribution in [0.5, 0.6) is 0 Å². The maximum Gasteiger partial charge on any atom is 0.252 e. The molecule has 1 aromatic carbocycles. The van der Waals surface area contributed by atoms with Crippen molar-refractivity contribution in [2.45, 2.75) is 20.4 Å². The molecule has 6 nitrogen and oxygen atoms in total. The van der Waals surface area contributed by atoms with E-state index < -0.39 is 0 Å². The van der Waals surface area contributed by atoms with Crippen LogP contribution in [-0.2, 0) is 11.3 Å². The summed E-state index contributed by atoms with van der Waals surface area (Å²) in [6.45, 7) is 4.33. The summed E-state index contributed by atoms with van der Waals surface area (Å²) in [5.74, 6) is -0.456. The number of amides is 2. The first-order chi connectivity index (χ1) is 10.5. The van der Waals surface area contributed by atoms with Gasteiger partial charge in [0.05, 0.1) is 16.3 Å². The lowest BCUT2D eigenvalue weighted by molar-refractivity contribution is -0.116. The summed E-state index contributed by atoms with van der Waals surface area (Å²) in [4.78, 5) is 23.7. The fraction of sp³-hybridized carbons (Fsp3) is 0.267. The number of halogens is 1. The Morgan fingerprint density at radius 1 is 1.32 bits per heavy atom. The van der Waals surface area contributed by atoms with Crippen LogP contribution < -0.4 is 10.6 Å². The SMILES string of the molecule is CCNC(=O)c1ccc(NC(=O)Cn2ccc(C)n2)cc1Cl. The molecule has 0 spiro atoms. The number of aromatic nitrogens is 2. The van der Waals surface area contributed by atoms with Gasteiger partial charge in [-0.1, -0.05) is 11.6 Å². The molecule has 1 aromatic heterocycles. The fourth-order valence-electron chi connectivity index (χ4n) is 1.93. The first kappa shape index (κ1) is 16.0. The molecule has 0 bridgehead atoms. The third-order valence-electron chi connectivity index (χ3n) is 2.91. The highest BCUT2D eigenvalue weighted by molar-refractivity contribution is 6.34. The molecule has 22 heavy (non-hydrogen) atoms. The van der Waals surface area contributed by atoms with E-state index in [1.165, 1.54) is 0 Å². The quantitative estimate of drug-likeness (QED) is 0.887. The molecule has 116 valence electrons. The predicted octanol–water partition coefficient (Wildman–Crippen LogP) is 2.23. The van der Waals surface area contributed by atoms with Crippen LogP contribution in [0.15, 0.2) is 30.5 Å². The van der Waals surface area contributed by atoms with Crippen LogP contribution in [0.1, 0.15) is 23.0 Å². The summed E-state index contributed by atoms with van der Waals surface area (Å²) >= 11 is 6.08. The fourth-order valence-corrected chi connectivity index (χ4v) is 2.20. The molecule has 0 saturated carbocycles.